The maximum Gasteiger partial charge on any atom is 0.164 e. The highest BCUT2D eigenvalue weighted by atomic mass is 19.1. The molecule has 0 fully saturated rings. The third kappa shape index (κ3) is 5.90. The smallest absolute Gasteiger partial charge is 0.164 e. The highest BCUT2D eigenvalue weighted by Crippen LogP contribution is 2.39. The number of halogens is 1. The van der Waals surface area contributed by atoms with Gasteiger partial charge in [0, 0.05) is 56.2 Å². The van der Waals surface area contributed by atoms with Gasteiger partial charge in [-0.25, -0.2) is 19.3 Å². The zero-order valence-corrected chi connectivity index (χ0v) is 30.2. The van der Waals surface area contributed by atoms with Gasteiger partial charge in [-0.2, -0.15) is 0 Å². The Balaban J connectivity index is 1.13. The lowest BCUT2D eigenvalue weighted by Crippen LogP contribution is -2.01. The minimum absolute atomic E-state index is 0.334. The number of nitrogens with zero attached hydrogens (tertiary/aromatic N) is 4. The molecule has 0 atom stereocenters. The van der Waals surface area contributed by atoms with Crippen LogP contribution in [0.25, 0.3) is 111 Å². The fourth-order valence-corrected chi connectivity index (χ4v) is 7.63. The molecule has 11 rings (SSSR count). The summed E-state index contributed by atoms with van der Waals surface area (Å²) in [6.07, 6.45) is 3.59. The molecule has 0 aliphatic rings. The molecule has 57 heavy (non-hydrogen) atoms. The molecule has 7 aromatic carbocycles. The standard InChI is InChI=1S/C50H29FN4O2/c51-39-18-14-30(15-19-39)48-53-49(34-8-5-7-31(23-34)35-9-6-22-52-29-35)55-50(54-48)38-25-36(32-16-20-46-42(27-32)40-10-1-3-12-44(40)56-46)24-37(26-38)33-17-21-47-43(28-33)41-11-2-4-13-45(41)57-47/h1-29H. The van der Waals surface area contributed by atoms with E-state index in [9.17, 15) is 4.39 Å². The molecule has 0 saturated heterocycles. The second kappa shape index (κ2) is 13.2. The predicted molar refractivity (Wildman–Crippen MR) is 225 cm³/mol. The van der Waals surface area contributed by atoms with E-state index in [0.29, 0.717) is 23.0 Å². The lowest BCUT2D eigenvalue weighted by Gasteiger charge is -2.13. The second-order valence-electron chi connectivity index (χ2n) is 14.1. The van der Waals surface area contributed by atoms with Crippen molar-refractivity contribution in [1.82, 2.24) is 19.9 Å². The first kappa shape index (κ1) is 32.6. The SMILES string of the molecule is Fc1ccc(-c2nc(-c3cccc(-c4cccnc4)c3)nc(-c3cc(-c4ccc5oc6ccccc6c5c4)cc(-c4ccc5oc6ccccc6c5c4)c3)n2)cc1. The molecule has 6 nitrogen and oxygen atoms in total. The Labute approximate surface area is 325 Å². The number of hydrogen-bond donors (Lipinski definition) is 0. The summed E-state index contributed by atoms with van der Waals surface area (Å²) in [5.74, 6) is 1.08. The largest absolute Gasteiger partial charge is 0.456 e. The zero-order chi connectivity index (χ0) is 37.9. The maximum atomic E-state index is 14.2. The van der Waals surface area contributed by atoms with E-state index in [1.54, 1.807) is 18.3 Å². The number of hydrogen-bond acceptors (Lipinski definition) is 6. The van der Waals surface area contributed by atoms with Crippen LogP contribution < -0.4 is 0 Å². The van der Waals surface area contributed by atoms with Gasteiger partial charge in [0.15, 0.2) is 17.5 Å². The van der Waals surface area contributed by atoms with E-state index in [0.717, 1.165) is 88.4 Å². The molecule has 0 unspecified atom stereocenters. The summed E-state index contributed by atoms with van der Waals surface area (Å²) >= 11 is 0. The zero-order valence-electron chi connectivity index (χ0n) is 30.2. The Morgan fingerprint density at radius 3 is 1.42 bits per heavy atom. The van der Waals surface area contributed by atoms with Gasteiger partial charge in [0.2, 0.25) is 0 Å². The first-order valence-electron chi connectivity index (χ1n) is 18.6. The van der Waals surface area contributed by atoms with Crippen LogP contribution in [-0.4, -0.2) is 19.9 Å². The Morgan fingerprint density at radius 2 is 0.807 bits per heavy atom. The molecule has 0 aliphatic heterocycles. The van der Waals surface area contributed by atoms with Gasteiger partial charge in [0.25, 0.3) is 0 Å². The van der Waals surface area contributed by atoms with Crippen LogP contribution in [0.5, 0.6) is 0 Å². The number of rotatable bonds is 6. The number of furan rings is 2. The third-order valence-electron chi connectivity index (χ3n) is 10.5. The van der Waals surface area contributed by atoms with Gasteiger partial charge in [-0.15, -0.1) is 0 Å². The topological polar surface area (TPSA) is 77.8 Å². The third-order valence-corrected chi connectivity index (χ3v) is 10.5. The van der Waals surface area contributed by atoms with Crippen molar-refractivity contribution in [3.8, 4) is 67.5 Å². The van der Waals surface area contributed by atoms with Gasteiger partial charge in [-0.1, -0.05) is 72.8 Å². The van der Waals surface area contributed by atoms with Crippen LogP contribution in [0.2, 0.25) is 0 Å². The molecule has 11 aromatic rings. The molecule has 4 aromatic heterocycles. The summed E-state index contributed by atoms with van der Waals surface area (Å²) in [6, 6.07) is 53.5. The summed E-state index contributed by atoms with van der Waals surface area (Å²) in [4.78, 5) is 19.5. The van der Waals surface area contributed by atoms with Crippen LogP contribution in [-0.2, 0) is 0 Å². The molecule has 0 radical (unpaired) electrons. The second-order valence-corrected chi connectivity index (χ2v) is 14.1. The summed E-state index contributed by atoms with van der Waals surface area (Å²) in [5, 5.41) is 4.19. The van der Waals surface area contributed by atoms with Crippen molar-refractivity contribution in [2.24, 2.45) is 0 Å². The minimum atomic E-state index is -0.334. The average molecular weight is 737 g/mol. The van der Waals surface area contributed by atoms with E-state index >= 15 is 0 Å². The molecule has 7 heteroatoms. The van der Waals surface area contributed by atoms with E-state index in [1.165, 1.54) is 12.1 Å². The first-order valence-corrected chi connectivity index (χ1v) is 18.6. The fraction of sp³-hybridized carbons (Fsp3) is 0. The minimum Gasteiger partial charge on any atom is -0.456 e. The van der Waals surface area contributed by atoms with Crippen molar-refractivity contribution >= 4 is 43.9 Å². The number of fused-ring (bicyclic) bond motifs is 6. The molecule has 4 heterocycles. The average Bonchev–Trinajstić information content (AvgIpc) is 3.84. The van der Waals surface area contributed by atoms with Gasteiger partial charge in [0.05, 0.1) is 0 Å². The van der Waals surface area contributed by atoms with Crippen LogP contribution in [0, 0.1) is 5.82 Å². The fourth-order valence-electron chi connectivity index (χ4n) is 7.63. The summed E-state index contributed by atoms with van der Waals surface area (Å²) in [6.45, 7) is 0. The molecular formula is C50H29FN4O2. The van der Waals surface area contributed by atoms with E-state index in [2.05, 4.69) is 65.6 Å². The number of para-hydroxylation sites is 2. The molecular weight excluding hydrogens is 708 g/mol. The normalized spacial score (nSPS) is 11.6. The number of benzene rings is 7. The summed E-state index contributed by atoms with van der Waals surface area (Å²) in [5.41, 5.74) is 11.6. The first-order chi connectivity index (χ1) is 28.1. The van der Waals surface area contributed by atoms with E-state index in [-0.39, 0.29) is 5.82 Å². The van der Waals surface area contributed by atoms with Crippen LogP contribution in [0.3, 0.4) is 0 Å². The van der Waals surface area contributed by atoms with E-state index in [1.807, 2.05) is 85.1 Å². The van der Waals surface area contributed by atoms with Crippen molar-refractivity contribution in [3.63, 3.8) is 0 Å². The Kier molecular flexibility index (Phi) is 7.57. The Morgan fingerprint density at radius 1 is 0.333 bits per heavy atom. The molecule has 0 bridgehead atoms. The number of pyridine rings is 1. The van der Waals surface area contributed by atoms with Crippen LogP contribution in [0.1, 0.15) is 0 Å². The van der Waals surface area contributed by atoms with Crippen molar-refractivity contribution in [3.05, 3.63) is 182 Å². The predicted octanol–water partition coefficient (Wildman–Crippen LogP) is 13.2. The van der Waals surface area contributed by atoms with E-state index in [4.69, 9.17) is 23.8 Å². The van der Waals surface area contributed by atoms with Crippen LogP contribution in [0.4, 0.5) is 4.39 Å². The van der Waals surface area contributed by atoms with Crippen LogP contribution >= 0.6 is 0 Å². The summed E-state index contributed by atoms with van der Waals surface area (Å²) in [7, 11) is 0. The molecule has 268 valence electrons. The van der Waals surface area contributed by atoms with Gasteiger partial charge in [-0.05, 0) is 119 Å². The monoisotopic (exact) mass is 736 g/mol. The van der Waals surface area contributed by atoms with Gasteiger partial charge in [0.1, 0.15) is 28.1 Å². The van der Waals surface area contributed by atoms with E-state index < -0.39 is 0 Å². The van der Waals surface area contributed by atoms with Crippen molar-refractivity contribution in [1.29, 1.82) is 0 Å². The van der Waals surface area contributed by atoms with Crippen molar-refractivity contribution < 1.29 is 13.2 Å². The quantitative estimate of drug-likeness (QED) is 0.169. The highest BCUT2D eigenvalue weighted by molar-refractivity contribution is 6.07. The Hall–Kier alpha value is -7.77. The highest BCUT2D eigenvalue weighted by Gasteiger charge is 2.17. The lowest BCUT2D eigenvalue weighted by molar-refractivity contribution is 0.628. The molecule has 0 N–H and O–H groups in total. The van der Waals surface area contributed by atoms with Crippen molar-refractivity contribution in [2.75, 3.05) is 0 Å². The maximum absolute atomic E-state index is 14.2. The van der Waals surface area contributed by atoms with Crippen LogP contribution in [0.15, 0.2) is 185 Å². The lowest BCUT2D eigenvalue weighted by atomic mass is 9.94. The molecule has 0 spiro atoms. The summed E-state index contributed by atoms with van der Waals surface area (Å²) < 4.78 is 26.5. The van der Waals surface area contributed by atoms with Gasteiger partial charge in [-0.3, -0.25) is 4.98 Å². The molecule has 0 saturated carbocycles. The molecule has 0 aliphatic carbocycles. The number of aromatic nitrogens is 4. The van der Waals surface area contributed by atoms with Gasteiger partial charge < -0.3 is 8.83 Å². The molecule has 0 amide bonds. The van der Waals surface area contributed by atoms with Gasteiger partial charge >= 0.3 is 0 Å². The van der Waals surface area contributed by atoms with Crippen molar-refractivity contribution in [2.45, 2.75) is 0 Å². The Bertz CT molecular complexity index is 3180.